The molecule has 0 atom stereocenters. The topological polar surface area (TPSA) is 89.3 Å². The maximum absolute atomic E-state index is 13.5. The van der Waals surface area contributed by atoms with Crippen molar-refractivity contribution in [3.63, 3.8) is 0 Å². The monoisotopic (exact) mass is 336 g/mol. The summed E-state index contributed by atoms with van der Waals surface area (Å²) in [5.41, 5.74) is -0.0633. The highest BCUT2D eigenvalue weighted by molar-refractivity contribution is 9.10. The van der Waals surface area contributed by atoms with Crippen molar-refractivity contribution in [1.29, 1.82) is 0 Å². The van der Waals surface area contributed by atoms with E-state index in [9.17, 15) is 17.6 Å². The Morgan fingerprint density at radius 3 is 2.56 bits per heavy atom. The fourth-order valence-electron chi connectivity index (χ4n) is 1.40. The maximum atomic E-state index is 13.5. The summed E-state index contributed by atoms with van der Waals surface area (Å²) in [6.45, 7) is 0. The molecule has 0 bridgehead atoms. The van der Waals surface area contributed by atoms with Gasteiger partial charge in [-0.3, -0.25) is 4.79 Å². The summed E-state index contributed by atoms with van der Waals surface area (Å²) in [6.07, 6.45) is 1.76. The molecule has 5 nitrogen and oxygen atoms in total. The molecule has 2 rings (SSSR count). The van der Waals surface area contributed by atoms with Crippen molar-refractivity contribution in [1.82, 2.24) is 5.32 Å². The third-order valence-corrected chi connectivity index (χ3v) is 4.48. The molecule has 1 aromatic carbocycles. The van der Waals surface area contributed by atoms with Gasteiger partial charge in [-0.1, -0.05) is 0 Å². The summed E-state index contributed by atoms with van der Waals surface area (Å²) in [7, 11) is -4.09. The highest BCUT2D eigenvalue weighted by atomic mass is 79.9. The van der Waals surface area contributed by atoms with E-state index in [1.807, 2.05) is 0 Å². The van der Waals surface area contributed by atoms with Crippen molar-refractivity contribution in [2.75, 3.05) is 0 Å². The average Bonchev–Trinajstić information content (AvgIpc) is 3.03. The average molecular weight is 337 g/mol. The van der Waals surface area contributed by atoms with Crippen LogP contribution < -0.4 is 10.5 Å². The first-order valence-corrected chi connectivity index (χ1v) is 7.45. The zero-order chi connectivity index (χ0) is 13.5. The van der Waals surface area contributed by atoms with E-state index in [2.05, 4.69) is 21.2 Å². The number of hydrogen-bond acceptors (Lipinski definition) is 3. The number of primary sulfonamides is 1. The van der Waals surface area contributed by atoms with Crippen LogP contribution in [0.15, 0.2) is 21.5 Å². The molecule has 18 heavy (non-hydrogen) atoms. The summed E-state index contributed by atoms with van der Waals surface area (Å²) in [6, 6.07) is 2.12. The van der Waals surface area contributed by atoms with Crippen LogP contribution in [0.5, 0.6) is 0 Å². The Kier molecular flexibility index (Phi) is 3.43. The fraction of sp³-hybridized carbons (Fsp3) is 0.300. The number of rotatable bonds is 3. The minimum Gasteiger partial charge on any atom is -0.349 e. The number of nitrogens with two attached hydrogens (primary N) is 1. The standard InChI is InChI=1S/C10H10BrFN2O3S/c11-9-7(12)3-5(4-8(9)18(13,16)17)10(15)14-6-1-2-6/h3-4,6H,1-2H2,(H,14,15)(H2,13,16,17). The first-order chi connectivity index (χ1) is 8.29. The molecule has 98 valence electrons. The maximum Gasteiger partial charge on any atom is 0.251 e. The van der Waals surface area contributed by atoms with Gasteiger partial charge in [0.2, 0.25) is 10.0 Å². The molecule has 1 aromatic rings. The Labute approximate surface area is 112 Å². The number of hydrogen-bond donors (Lipinski definition) is 2. The molecule has 0 radical (unpaired) electrons. The van der Waals surface area contributed by atoms with Crippen LogP contribution in [0.4, 0.5) is 4.39 Å². The molecule has 0 aliphatic heterocycles. The van der Waals surface area contributed by atoms with Gasteiger partial charge >= 0.3 is 0 Å². The molecule has 8 heteroatoms. The van der Waals surface area contributed by atoms with Crippen LogP contribution in [-0.4, -0.2) is 20.4 Å². The van der Waals surface area contributed by atoms with Gasteiger partial charge in [-0.2, -0.15) is 0 Å². The van der Waals surface area contributed by atoms with E-state index in [1.165, 1.54) is 0 Å². The number of nitrogens with one attached hydrogen (secondary N) is 1. The SMILES string of the molecule is NS(=O)(=O)c1cc(C(=O)NC2CC2)cc(F)c1Br. The number of carbonyl (C=O) groups excluding carboxylic acids is 1. The Hall–Kier alpha value is -0.990. The van der Waals surface area contributed by atoms with Gasteiger partial charge in [0.25, 0.3) is 5.91 Å². The van der Waals surface area contributed by atoms with Crippen molar-refractivity contribution in [2.45, 2.75) is 23.8 Å². The third-order valence-electron chi connectivity index (χ3n) is 2.48. The lowest BCUT2D eigenvalue weighted by atomic mass is 10.2. The molecule has 1 aliphatic carbocycles. The fourth-order valence-corrected chi connectivity index (χ4v) is 2.94. The largest absolute Gasteiger partial charge is 0.349 e. The molecule has 0 aromatic heterocycles. The summed E-state index contributed by atoms with van der Waals surface area (Å²) in [5, 5.41) is 7.59. The molecule has 0 unspecified atom stereocenters. The summed E-state index contributed by atoms with van der Waals surface area (Å²) >= 11 is 2.80. The van der Waals surface area contributed by atoms with Crippen LogP contribution in [0, 0.1) is 5.82 Å². The normalized spacial score (nSPS) is 15.5. The third kappa shape index (κ3) is 2.88. The molecular weight excluding hydrogens is 327 g/mol. The van der Waals surface area contributed by atoms with Crippen LogP contribution in [-0.2, 0) is 10.0 Å². The van der Waals surface area contributed by atoms with Crippen molar-refractivity contribution in [2.24, 2.45) is 5.14 Å². The Bertz CT molecular complexity index is 614. The van der Waals surface area contributed by atoms with Gasteiger partial charge in [0.15, 0.2) is 0 Å². The highest BCUT2D eigenvalue weighted by Gasteiger charge is 2.25. The van der Waals surface area contributed by atoms with Crippen molar-refractivity contribution < 1.29 is 17.6 Å². The zero-order valence-electron chi connectivity index (χ0n) is 9.11. The second kappa shape index (κ2) is 4.60. The van der Waals surface area contributed by atoms with Crippen LogP contribution in [0.25, 0.3) is 0 Å². The van der Waals surface area contributed by atoms with Gasteiger partial charge in [0, 0.05) is 11.6 Å². The van der Waals surface area contributed by atoms with Gasteiger partial charge in [0.05, 0.1) is 9.37 Å². The first-order valence-electron chi connectivity index (χ1n) is 5.12. The van der Waals surface area contributed by atoms with Gasteiger partial charge in [-0.25, -0.2) is 17.9 Å². The van der Waals surface area contributed by atoms with Crippen LogP contribution >= 0.6 is 15.9 Å². The minimum absolute atomic E-state index is 0.0633. The van der Waals surface area contributed by atoms with Gasteiger partial charge in [-0.15, -0.1) is 0 Å². The molecule has 0 heterocycles. The van der Waals surface area contributed by atoms with E-state index in [0.29, 0.717) is 0 Å². The molecule has 1 aliphatic rings. The highest BCUT2D eigenvalue weighted by Crippen LogP contribution is 2.26. The van der Waals surface area contributed by atoms with Crippen LogP contribution in [0.3, 0.4) is 0 Å². The van der Waals surface area contributed by atoms with E-state index in [1.54, 1.807) is 0 Å². The zero-order valence-corrected chi connectivity index (χ0v) is 11.5. The number of amides is 1. The number of sulfonamides is 1. The predicted molar refractivity (Wildman–Crippen MR) is 66.0 cm³/mol. The van der Waals surface area contributed by atoms with Crippen molar-refractivity contribution in [3.05, 3.63) is 28.0 Å². The van der Waals surface area contributed by atoms with E-state index in [-0.39, 0.29) is 16.1 Å². The molecule has 1 amide bonds. The summed E-state index contributed by atoms with van der Waals surface area (Å²) in [5.74, 6) is -1.35. The lowest BCUT2D eigenvalue weighted by molar-refractivity contribution is 0.0950. The minimum atomic E-state index is -4.09. The number of halogens is 2. The summed E-state index contributed by atoms with van der Waals surface area (Å²) in [4.78, 5) is 11.3. The first kappa shape index (κ1) is 13.4. The lowest BCUT2D eigenvalue weighted by Crippen LogP contribution is -2.26. The Morgan fingerprint density at radius 1 is 1.44 bits per heavy atom. The van der Waals surface area contributed by atoms with E-state index < -0.39 is 26.6 Å². The lowest BCUT2D eigenvalue weighted by Gasteiger charge is -2.08. The van der Waals surface area contributed by atoms with Gasteiger partial charge < -0.3 is 5.32 Å². The second-order valence-electron chi connectivity index (χ2n) is 4.06. The molecule has 0 saturated heterocycles. The van der Waals surface area contributed by atoms with Gasteiger partial charge in [0.1, 0.15) is 5.82 Å². The van der Waals surface area contributed by atoms with E-state index in [0.717, 1.165) is 25.0 Å². The molecule has 3 N–H and O–H groups in total. The van der Waals surface area contributed by atoms with Crippen molar-refractivity contribution in [3.8, 4) is 0 Å². The quantitative estimate of drug-likeness (QED) is 0.866. The Morgan fingerprint density at radius 2 is 2.06 bits per heavy atom. The van der Waals surface area contributed by atoms with E-state index in [4.69, 9.17) is 5.14 Å². The van der Waals surface area contributed by atoms with E-state index >= 15 is 0 Å². The molecule has 1 fully saturated rings. The van der Waals surface area contributed by atoms with Crippen LogP contribution in [0.1, 0.15) is 23.2 Å². The smallest absolute Gasteiger partial charge is 0.251 e. The Balaban J connectivity index is 2.43. The molecule has 1 saturated carbocycles. The molecule has 0 spiro atoms. The predicted octanol–water partition coefficient (Wildman–Crippen LogP) is 1.13. The van der Waals surface area contributed by atoms with Crippen molar-refractivity contribution >= 4 is 31.9 Å². The second-order valence-corrected chi connectivity index (χ2v) is 6.39. The molecular formula is C10H10BrFN2O3S. The number of carbonyl (C=O) groups is 1. The number of benzene rings is 1. The summed E-state index contributed by atoms with van der Waals surface area (Å²) < 4.78 is 35.8. The van der Waals surface area contributed by atoms with Crippen LogP contribution in [0.2, 0.25) is 0 Å². The van der Waals surface area contributed by atoms with Gasteiger partial charge in [-0.05, 0) is 40.9 Å².